The van der Waals surface area contributed by atoms with Gasteiger partial charge in [-0.3, -0.25) is 10.1 Å². The number of nitrogens with zero attached hydrogens (tertiary/aromatic N) is 2. The summed E-state index contributed by atoms with van der Waals surface area (Å²) < 4.78 is 0. The van der Waals surface area contributed by atoms with Crippen LogP contribution in [0.5, 0.6) is 5.75 Å². The van der Waals surface area contributed by atoms with Gasteiger partial charge in [0, 0.05) is 28.3 Å². The van der Waals surface area contributed by atoms with E-state index in [2.05, 4.69) is 36.0 Å². The Balaban J connectivity index is 2.23. The summed E-state index contributed by atoms with van der Waals surface area (Å²) in [6.45, 7) is 6.38. The lowest BCUT2D eigenvalue weighted by molar-refractivity contribution is 0.481. The number of benzene rings is 1. The third kappa shape index (κ3) is 2.03. The molecule has 0 unspecified atom stereocenters. The molecule has 0 saturated carbocycles. The zero-order valence-electron chi connectivity index (χ0n) is 11.8. The molecule has 0 amide bonds. The standard InChI is InChI=1S/C16H17N3O/c1-16(2,3)15-12(9-18-19-15)10-7-13-11(14(20)8-10)5-4-6-17-13/h4-9,20H,1-3H3,(H,18,19). The van der Waals surface area contributed by atoms with E-state index in [1.165, 1.54) is 0 Å². The quantitative estimate of drug-likeness (QED) is 0.707. The molecule has 3 rings (SSSR count). The third-order valence-electron chi connectivity index (χ3n) is 3.40. The van der Waals surface area contributed by atoms with Crippen LogP contribution in [0.1, 0.15) is 26.5 Å². The molecule has 4 nitrogen and oxygen atoms in total. The van der Waals surface area contributed by atoms with Crippen LogP contribution in [0.3, 0.4) is 0 Å². The molecule has 4 heteroatoms. The summed E-state index contributed by atoms with van der Waals surface area (Å²) in [5.74, 6) is 0.242. The van der Waals surface area contributed by atoms with Crippen molar-refractivity contribution < 1.29 is 5.11 Å². The average molecular weight is 267 g/mol. The van der Waals surface area contributed by atoms with Crippen LogP contribution >= 0.6 is 0 Å². The number of phenolic OH excluding ortho intramolecular Hbond substituents is 1. The SMILES string of the molecule is CC(C)(C)c1[nH]ncc1-c1cc(O)c2cccnc2c1. The number of pyridine rings is 1. The second-order valence-electron chi connectivity index (χ2n) is 5.97. The van der Waals surface area contributed by atoms with Crippen LogP contribution in [0.15, 0.2) is 36.7 Å². The lowest BCUT2D eigenvalue weighted by Crippen LogP contribution is -2.13. The van der Waals surface area contributed by atoms with E-state index in [0.29, 0.717) is 0 Å². The third-order valence-corrected chi connectivity index (χ3v) is 3.40. The van der Waals surface area contributed by atoms with Gasteiger partial charge in [0.25, 0.3) is 0 Å². The number of aromatic amines is 1. The van der Waals surface area contributed by atoms with Gasteiger partial charge in [0.05, 0.1) is 11.7 Å². The second kappa shape index (κ2) is 4.34. The number of aromatic nitrogens is 3. The zero-order chi connectivity index (χ0) is 14.3. The van der Waals surface area contributed by atoms with Gasteiger partial charge in [0.15, 0.2) is 0 Å². The highest BCUT2D eigenvalue weighted by Gasteiger charge is 2.21. The van der Waals surface area contributed by atoms with E-state index in [0.717, 1.165) is 27.7 Å². The summed E-state index contributed by atoms with van der Waals surface area (Å²) in [6.07, 6.45) is 3.52. The molecule has 0 fully saturated rings. The van der Waals surface area contributed by atoms with Crippen LogP contribution in [0.4, 0.5) is 0 Å². The van der Waals surface area contributed by atoms with Gasteiger partial charge >= 0.3 is 0 Å². The molecule has 2 N–H and O–H groups in total. The fourth-order valence-corrected chi connectivity index (χ4v) is 2.40. The van der Waals surface area contributed by atoms with Crippen LogP contribution in [0.25, 0.3) is 22.0 Å². The van der Waals surface area contributed by atoms with Crippen molar-refractivity contribution in [2.75, 3.05) is 0 Å². The van der Waals surface area contributed by atoms with E-state index in [1.807, 2.05) is 18.2 Å². The summed E-state index contributed by atoms with van der Waals surface area (Å²) >= 11 is 0. The molecule has 0 bridgehead atoms. The van der Waals surface area contributed by atoms with Crippen molar-refractivity contribution in [3.05, 3.63) is 42.4 Å². The molecule has 0 radical (unpaired) electrons. The first kappa shape index (κ1) is 12.7. The van der Waals surface area contributed by atoms with E-state index in [-0.39, 0.29) is 11.2 Å². The Morgan fingerprint density at radius 2 is 2.00 bits per heavy atom. The predicted molar refractivity (Wildman–Crippen MR) is 79.7 cm³/mol. The van der Waals surface area contributed by atoms with Gasteiger partial charge in [-0.2, -0.15) is 5.10 Å². The number of hydrogen-bond donors (Lipinski definition) is 2. The average Bonchev–Trinajstić information content (AvgIpc) is 2.88. The monoisotopic (exact) mass is 267 g/mol. The van der Waals surface area contributed by atoms with Crippen molar-refractivity contribution in [2.45, 2.75) is 26.2 Å². The van der Waals surface area contributed by atoms with Crippen molar-refractivity contribution in [1.82, 2.24) is 15.2 Å². The Kier molecular flexibility index (Phi) is 2.74. The number of aromatic hydroxyl groups is 1. The highest BCUT2D eigenvalue weighted by Crippen LogP contribution is 2.35. The minimum absolute atomic E-state index is 0.0411. The largest absolute Gasteiger partial charge is 0.507 e. The summed E-state index contributed by atoms with van der Waals surface area (Å²) in [4.78, 5) is 4.31. The smallest absolute Gasteiger partial charge is 0.125 e. The van der Waals surface area contributed by atoms with Crippen LogP contribution in [0.2, 0.25) is 0 Å². The Bertz CT molecular complexity index is 769. The number of hydrogen-bond acceptors (Lipinski definition) is 3. The maximum absolute atomic E-state index is 10.2. The lowest BCUT2D eigenvalue weighted by Gasteiger charge is -2.18. The summed E-state index contributed by atoms with van der Waals surface area (Å²) in [5, 5.41) is 18.1. The second-order valence-corrected chi connectivity index (χ2v) is 5.97. The van der Waals surface area contributed by atoms with E-state index in [9.17, 15) is 5.11 Å². The van der Waals surface area contributed by atoms with Crippen molar-refractivity contribution >= 4 is 10.9 Å². The van der Waals surface area contributed by atoms with Gasteiger partial charge in [-0.1, -0.05) is 20.8 Å². The maximum atomic E-state index is 10.2. The molecule has 20 heavy (non-hydrogen) atoms. The van der Waals surface area contributed by atoms with Crippen molar-refractivity contribution in [3.63, 3.8) is 0 Å². The molecule has 2 heterocycles. The van der Waals surface area contributed by atoms with E-state index in [1.54, 1.807) is 18.5 Å². The van der Waals surface area contributed by atoms with Crippen molar-refractivity contribution in [1.29, 1.82) is 0 Å². The Morgan fingerprint density at radius 1 is 1.20 bits per heavy atom. The first-order chi connectivity index (χ1) is 9.47. The molecule has 0 aliphatic heterocycles. The molecule has 0 atom stereocenters. The van der Waals surface area contributed by atoms with Crippen molar-refractivity contribution in [2.24, 2.45) is 0 Å². The first-order valence-corrected chi connectivity index (χ1v) is 6.59. The minimum Gasteiger partial charge on any atom is -0.507 e. The Morgan fingerprint density at radius 3 is 2.75 bits per heavy atom. The van der Waals surface area contributed by atoms with Gasteiger partial charge in [0.2, 0.25) is 0 Å². The van der Waals surface area contributed by atoms with Gasteiger partial charge in [-0.15, -0.1) is 0 Å². The number of nitrogens with one attached hydrogen (secondary N) is 1. The first-order valence-electron chi connectivity index (χ1n) is 6.59. The van der Waals surface area contributed by atoms with Gasteiger partial charge < -0.3 is 5.11 Å². The normalized spacial score (nSPS) is 11.9. The zero-order valence-corrected chi connectivity index (χ0v) is 11.8. The van der Waals surface area contributed by atoms with Crippen LogP contribution in [-0.4, -0.2) is 20.3 Å². The van der Waals surface area contributed by atoms with Crippen LogP contribution in [-0.2, 0) is 5.41 Å². The van der Waals surface area contributed by atoms with Crippen LogP contribution in [0, 0.1) is 0 Å². The number of phenols is 1. The Labute approximate surface area is 117 Å². The number of rotatable bonds is 1. The molecule has 102 valence electrons. The Hall–Kier alpha value is -2.36. The molecular formula is C16H17N3O. The molecule has 0 spiro atoms. The van der Waals surface area contributed by atoms with E-state index >= 15 is 0 Å². The lowest BCUT2D eigenvalue weighted by atomic mass is 9.87. The number of H-pyrrole nitrogens is 1. The number of fused-ring (bicyclic) bond motifs is 1. The summed E-state index contributed by atoms with van der Waals surface area (Å²) in [7, 11) is 0. The van der Waals surface area contributed by atoms with Gasteiger partial charge in [-0.25, -0.2) is 0 Å². The molecule has 0 aliphatic carbocycles. The maximum Gasteiger partial charge on any atom is 0.125 e. The minimum atomic E-state index is -0.0411. The summed E-state index contributed by atoms with van der Waals surface area (Å²) in [5.41, 5.74) is 3.71. The van der Waals surface area contributed by atoms with E-state index < -0.39 is 0 Å². The van der Waals surface area contributed by atoms with Gasteiger partial charge in [0.1, 0.15) is 5.75 Å². The molecule has 2 aromatic heterocycles. The fourth-order valence-electron chi connectivity index (χ4n) is 2.40. The summed E-state index contributed by atoms with van der Waals surface area (Å²) in [6, 6.07) is 7.43. The van der Waals surface area contributed by atoms with Gasteiger partial charge in [-0.05, 0) is 29.8 Å². The predicted octanol–water partition coefficient (Wildman–Crippen LogP) is 3.63. The van der Waals surface area contributed by atoms with Crippen molar-refractivity contribution in [3.8, 4) is 16.9 Å². The highest BCUT2D eigenvalue weighted by molar-refractivity contribution is 5.90. The van der Waals surface area contributed by atoms with Crippen LogP contribution < -0.4 is 0 Å². The molecule has 0 aliphatic rings. The molecule has 1 aromatic carbocycles. The molecule has 0 saturated heterocycles. The highest BCUT2D eigenvalue weighted by atomic mass is 16.3. The topological polar surface area (TPSA) is 61.8 Å². The molecule has 3 aromatic rings. The fraction of sp³-hybridized carbons (Fsp3) is 0.250. The van der Waals surface area contributed by atoms with E-state index in [4.69, 9.17) is 0 Å². The molecular weight excluding hydrogens is 250 g/mol.